The fourth-order valence-corrected chi connectivity index (χ4v) is 13.2. The second-order valence-corrected chi connectivity index (χ2v) is 18.1. The molecule has 4 rings (SSSR count). The molecule has 0 amide bonds. The van der Waals surface area contributed by atoms with Crippen molar-refractivity contribution in [3.63, 3.8) is 0 Å². The van der Waals surface area contributed by atoms with Crippen LogP contribution in [-0.2, 0) is 0 Å². The first kappa shape index (κ1) is 29.9. The van der Waals surface area contributed by atoms with Crippen molar-refractivity contribution in [1.82, 2.24) is 0 Å². The molecule has 200 valence electrons. The van der Waals surface area contributed by atoms with Crippen LogP contribution < -0.4 is 21.9 Å². The van der Waals surface area contributed by atoms with Crippen molar-refractivity contribution in [2.45, 2.75) is 77.8 Å². The Morgan fingerprint density at radius 2 is 0.553 bits per heavy atom. The van der Waals surface area contributed by atoms with Crippen LogP contribution in [0.15, 0.2) is 121 Å². The maximum atomic E-state index is 2.38. The zero-order valence-electron chi connectivity index (χ0n) is 26.1. The molecule has 0 saturated heterocycles. The Kier molecular flexibility index (Phi) is 9.49. The van der Waals surface area contributed by atoms with Gasteiger partial charge in [0.1, 0.15) is 6.15 Å². The average Bonchev–Trinajstić information content (AvgIpc) is 2.85. The second kappa shape index (κ2) is 12.0. The van der Waals surface area contributed by atoms with E-state index in [0.717, 1.165) is 0 Å². The van der Waals surface area contributed by atoms with E-state index in [0.29, 0.717) is 15.5 Å². The second-order valence-electron chi connectivity index (χ2n) is 13.4. The fourth-order valence-electron chi connectivity index (χ4n) is 7.14. The van der Waals surface area contributed by atoms with E-state index in [1.165, 1.54) is 21.9 Å². The van der Waals surface area contributed by atoms with Crippen molar-refractivity contribution in [1.29, 1.82) is 0 Å². The Morgan fingerprint density at radius 1 is 0.368 bits per heavy atom. The maximum Gasteiger partial charge on any atom is 1.00 e. The SMILES string of the molecule is CC(C)(C)P(C(C)(C)C)C(C)(C)C.[H+].c1ccc([B-](c2ccccc2)(c2ccccc2)c2ccccc2)cc1. The highest BCUT2D eigenvalue weighted by Crippen LogP contribution is 2.66. The van der Waals surface area contributed by atoms with Gasteiger partial charge in [0.15, 0.2) is 0 Å². The first-order chi connectivity index (χ1) is 17.8. The Bertz CT molecular complexity index is 1040. The first-order valence-corrected chi connectivity index (χ1v) is 15.3. The minimum Gasteiger partial charge on any atom is -0.195 e. The smallest absolute Gasteiger partial charge is 0.195 e. The van der Waals surface area contributed by atoms with E-state index >= 15 is 0 Å². The molecule has 0 spiro atoms. The third kappa shape index (κ3) is 6.87. The van der Waals surface area contributed by atoms with Gasteiger partial charge in [0, 0.05) is 0 Å². The lowest BCUT2D eigenvalue weighted by Crippen LogP contribution is -2.74. The van der Waals surface area contributed by atoms with E-state index in [9.17, 15) is 0 Å². The van der Waals surface area contributed by atoms with Crippen molar-refractivity contribution in [2.75, 3.05) is 0 Å². The minimum atomic E-state index is -1.22. The zero-order chi connectivity index (χ0) is 28.0. The van der Waals surface area contributed by atoms with Gasteiger partial charge in [-0.15, -0.1) is 0 Å². The Balaban J connectivity index is 0.000000328. The number of benzene rings is 4. The summed E-state index contributed by atoms with van der Waals surface area (Å²) in [5.74, 6) is 0. The maximum absolute atomic E-state index is 2.38. The number of rotatable bonds is 4. The number of hydrogen-bond acceptors (Lipinski definition) is 0. The Morgan fingerprint density at radius 3 is 0.684 bits per heavy atom. The summed E-state index contributed by atoms with van der Waals surface area (Å²) in [4.78, 5) is 0. The summed E-state index contributed by atoms with van der Waals surface area (Å²) in [6, 6.07) is 43.5. The van der Waals surface area contributed by atoms with Gasteiger partial charge in [-0.3, -0.25) is 0 Å². The average molecular weight is 523 g/mol. The van der Waals surface area contributed by atoms with Gasteiger partial charge in [-0.05, 0) is 15.5 Å². The van der Waals surface area contributed by atoms with Crippen LogP contribution in [0.25, 0.3) is 0 Å². The third-order valence-electron chi connectivity index (χ3n) is 7.21. The van der Waals surface area contributed by atoms with Gasteiger partial charge in [0.25, 0.3) is 0 Å². The Hall–Kier alpha value is -2.63. The van der Waals surface area contributed by atoms with Crippen LogP contribution in [0.3, 0.4) is 0 Å². The molecule has 0 N–H and O–H groups in total. The highest BCUT2D eigenvalue weighted by molar-refractivity contribution is 7.62. The van der Waals surface area contributed by atoms with Crippen LogP contribution in [-0.4, -0.2) is 21.6 Å². The lowest BCUT2D eigenvalue weighted by molar-refractivity contribution is 0.644. The van der Waals surface area contributed by atoms with E-state index in [1.54, 1.807) is 0 Å². The quantitative estimate of drug-likeness (QED) is 0.188. The van der Waals surface area contributed by atoms with Crippen LogP contribution >= 0.6 is 7.92 Å². The van der Waals surface area contributed by atoms with Gasteiger partial charge in [-0.1, -0.05) is 192 Å². The van der Waals surface area contributed by atoms with Crippen LogP contribution in [0.1, 0.15) is 63.7 Å². The zero-order valence-corrected chi connectivity index (χ0v) is 26.0. The van der Waals surface area contributed by atoms with Gasteiger partial charge in [0.05, 0.1) is 0 Å². The standard InChI is InChI=1S/C24H20B.C12H27P/c1-5-13-21(14-6-1)25(22-15-7-2-8-16-22,23-17-9-3-10-18-23)24-19-11-4-12-20-24;1-10(2,3)13(11(4,5)6)12(7,8)9/h1-20H;1-9H3/q-1;/p+1. The largest absolute Gasteiger partial charge is 1.00 e. The van der Waals surface area contributed by atoms with Crippen LogP contribution in [0.2, 0.25) is 0 Å². The molecule has 0 aliphatic rings. The molecule has 0 heterocycles. The summed E-state index contributed by atoms with van der Waals surface area (Å²) in [5.41, 5.74) is 5.36. The Labute approximate surface area is 236 Å². The highest BCUT2D eigenvalue weighted by atomic mass is 31.1. The summed E-state index contributed by atoms with van der Waals surface area (Å²) in [6.45, 7) is 21.5. The summed E-state index contributed by atoms with van der Waals surface area (Å²) in [6.07, 6.45) is -1.22. The summed E-state index contributed by atoms with van der Waals surface area (Å²) >= 11 is 0. The molecule has 38 heavy (non-hydrogen) atoms. The van der Waals surface area contributed by atoms with Gasteiger partial charge in [0.2, 0.25) is 0 Å². The van der Waals surface area contributed by atoms with Crippen LogP contribution in [0.4, 0.5) is 0 Å². The molecule has 4 aromatic carbocycles. The number of hydrogen-bond donors (Lipinski definition) is 0. The van der Waals surface area contributed by atoms with Crippen LogP contribution in [0, 0.1) is 0 Å². The molecular formula is C36H48BP. The molecule has 0 unspecified atom stereocenters. The molecule has 0 aromatic heterocycles. The van der Waals surface area contributed by atoms with Crippen molar-refractivity contribution < 1.29 is 1.43 Å². The molecule has 2 heteroatoms. The van der Waals surface area contributed by atoms with Crippen molar-refractivity contribution in [2.24, 2.45) is 0 Å². The predicted molar refractivity (Wildman–Crippen MR) is 177 cm³/mol. The molecule has 0 aliphatic heterocycles. The van der Waals surface area contributed by atoms with Crippen molar-refractivity contribution in [3.8, 4) is 0 Å². The summed E-state index contributed by atoms with van der Waals surface area (Å²) < 4.78 is 0. The molecule has 0 fully saturated rings. The molecule has 0 bridgehead atoms. The van der Waals surface area contributed by atoms with E-state index in [2.05, 4.69) is 184 Å². The van der Waals surface area contributed by atoms with Crippen LogP contribution in [0.5, 0.6) is 0 Å². The van der Waals surface area contributed by atoms with E-state index in [4.69, 9.17) is 0 Å². The fraction of sp³-hybridized carbons (Fsp3) is 0.333. The van der Waals surface area contributed by atoms with Gasteiger partial charge in [-0.2, -0.15) is 21.9 Å². The molecule has 0 saturated carbocycles. The highest BCUT2D eigenvalue weighted by Gasteiger charge is 2.41. The van der Waals surface area contributed by atoms with Crippen molar-refractivity contribution in [3.05, 3.63) is 121 Å². The summed E-state index contributed by atoms with van der Waals surface area (Å²) in [5, 5.41) is 1.35. The normalized spacial score (nSPS) is 12.6. The van der Waals surface area contributed by atoms with E-state index < -0.39 is 6.15 Å². The minimum absolute atomic E-state index is 0. The van der Waals surface area contributed by atoms with Gasteiger partial charge >= 0.3 is 1.43 Å². The molecule has 4 aromatic rings. The molecule has 0 aliphatic carbocycles. The molecule has 0 atom stereocenters. The molecular weight excluding hydrogens is 474 g/mol. The molecule has 0 nitrogen and oxygen atoms in total. The topological polar surface area (TPSA) is 0 Å². The lowest BCUT2D eigenvalue weighted by Gasteiger charge is -2.49. The van der Waals surface area contributed by atoms with E-state index in [-0.39, 0.29) is 9.35 Å². The van der Waals surface area contributed by atoms with Gasteiger partial charge in [-0.25, -0.2) is 0 Å². The monoisotopic (exact) mass is 522 g/mol. The lowest BCUT2D eigenvalue weighted by atomic mass is 9.13. The first-order valence-electron chi connectivity index (χ1n) is 14.0. The predicted octanol–water partition coefficient (Wildman–Crippen LogP) is 8.04. The van der Waals surface area contributed by atoms with E-state index in [1.807, 2.05) is 0 Å². The summed E-state index contributed by atoms with van der Waals surface area (Å²) in [7, 11) is 0.0162. The van der Waals surface area contributed by atoms with Gasteiger partial charge < -0.3 is 0 Å². The van der Waals surface area contributed by atoms with Crippen molar-refractivity contribution >= 4 is 35.9 Å². The molecule has 0 radical (unpaired) electrons. The third-order valence-corrected chi connectivity index (χ3v) is 11.2.